The van der Waals surface area contributed by atoms with E-state index in [0.717, 1.165) is 11.1 Å². The predicted molar refractivity (Wildman–Crippen MR) is 59.0 cm³/mol. The van der Waals surface area contributed by atoms with Gasteiger partial charge in [0.2, 0.25) is 0 Å². The Labute approximate surface area is 88.4 Å². The minimum absolute atomic E-state index is 0.344. The highest BCUT2D eigenvalue weighted by atomic mass is 16.4. The van der Waals surface area contributed by atoms with Gasteiger partial charge < -0.3 is 10.8 Å². The fraction of sp³-hybridized carbons (Fsp3) is 0.273. The second-order valence-corrected chi connectivity index (χ2v) is 3.35. The van der Waals surface area contributed by atoms with E-state index in [1.54, 1.807) is 0 Å². The average molecular weight is 206 g/mol. The SMILES string of the molecule is C=NCc1ccc(C[C@H](N)C(=O)O)cc1. The molecule has 15 heavy (non-hydrogen) atoms. The number of benzene rings is 1. The molecule has 4 nitrogen and oxygen atoms in total. The smallest absolute Gasteiger partial charge is 0.320 e. The summed E-state index contributed by atoms with van der Waals surface area (Å²) >= 11 is 0. The number of carbonyl (C=O) groups is 1. The molecule has 0 heterocycles. The second-order valence-electron chi connectivity index (χ2n) is 3.35. The van der Waals surface area contributed by atoms with Crippen LogP contribution in [0.5, 0.6) is 0 Å². The van der Waals surface area contributed by atoms with Crippen molar-refractivity contribution in [1.82, 2.24) is 0 Å². The molecule has 0 aromatic heterocycles. The number of nitrogens with two attached hydrogens (primary N) is 1. The number of hydrogen-bond donors (Lipinski definition) is 2. The van der Waals surface area contributed by atoms with Crippen molar-refractivity contribution in [1.29, 1.82) is 0 Å². The molecule has 0 saturated carbocycles. The van der Waals surface area contributed by atoms with Crippen LogP contribution in [0.1, 0.15) is 11.1 Å². The van der Waals surface area contributed by atoms with E-state index in [2.05, 4.69) is 11.7 Å². The fourth-order valence-electron chi connectivity index (χ4n) is 1.25. The Morgan fingerprint density at radius 1 is 1.40 bits per heavy atom. The minimum Gasteiger partial charge on any atom is -0.480 e. The molecule has 0 amide bonds. The van der Waals surface area contributed by atoms with Gasteiger partial charge in [-0.2, -0.15) is 0 Å². The monoisotopic (exact) mass is 206 g/mol. The molecule has 80 valence electrons. The molecule has 1 rings (SSSR count). The van der Waals surface area contributed by atoms with Crippen molar-refractivity contribution in [3.8, 4) is 0 Å². The summed E-state index contributed by atoms with van der Waals surface area (Å²) in [6.07, 6.45) is 0.344. The third-order valence-corrected chi connectivity index (χ3v) is 2.09. The van der Waals surface area contributed by atoms with Crippen LogP contribution in [0.15, 0.2) is 29.3 Å². The number of hydrogen-bond acceptors (Lipinski definition) is 3. The maximum Gasteiger partial charge on any atom is 0.320 e. The zero-order chi connectivity index (χ0) is 11.3. The highest BCUT2D eigenvalue weighted by Gasteiger charge is 2.11. The maximum absolute atomic E-state index is 10.5. The van der Waals surface area contributed by atoms with Crippen molar-refractivity contribution in [2.24, 2.45) is 10.7 Å². The first-order chi connectivity index (χ1) is 7.13. The molecule has 0 unspecified atom stereocenters. The summed E-state index contributed by atoms with van der Waals surface area (Å²) in [5.41, 5.74) is 7.39. The number of aliphatic imine (C=N–C) groups is 1. The lowest BCUT2D eigenvalue weighted by molar-refractivity contribution is -0.138. The van der Waals surface area contributed by atoms with Crippen molar-refractivity contribution in [3.63, 3.8) is 0 Å². The summed E-state index contributed by atoms with van der Waals surface area (Å²) < 4.78 is 0. The molecular weight excluding hydrogens is 192 g/mol. The average Bonchev–Trinajstić information content (AvgIpc) is 2.21. The van der Waals surface area contributed by atoms with Gasteiger partial charge in [-0.25, -0.2) is 0 Å². The highest BCUT2D eigenvalue weighted by Crippen LogP contribution is 2.07. The van der Waals surface area contributed by atoms with Gasteiger partial charge in [0.1, 0.15) is 6.04 Å². The first-order valence-electron chi connectivity index (χ1n) is 4.62. The summed E-state index contributed by atoms with van der Waals surface area (Å²) in [4.78, 5) is 14.3. The lowest BCUT2D eigenvalue weighted by Gasteiger charge is -2.06. The van der Waals surface area contributed by atoms with Crippen LogP contribution in [0.2, 0.25) is 0 Å². The van der Waals surface area contributed by atoms with E-state index in [4.69, 9.17) is 10.8 Å². The van der Waals surface area contributed by atoms with Gasteiger partial charge in [0.25, 0.3) is 0 Å². The van der Waals surface area contributed by atoms with Crippen LogP contribution in [-0.2, 0) is 17.8 Å². The van der Waals surface area contributed by atoms with Crippen molar-refractivity contribution < 1.29 is 9.90 Å². The van der Waals surface area contributed by atoms with Crippen LogP contribution in [0.4, 0.5) is 0 Å². The van der Waals surface area contributed by atoms with Crippen LogP contribution < -0.4 is 5.73 Å². The quantitative estimate of drug-likeness (QED) is 0.701. The van der Waals surface area contributed by atoms with Gasteiger partial charge in [0.05, 0.1) is 6.54 Å². The summed E-state index contributed by atoms with van der Waals surface area (Å²) in [6.45, 7) is 3.98. The van der Waals surface area contributed by atoms with Gasteiger partial charge in [-0.15, -0.1) is 0 Å². The molecule has 4 heteroatoms. The summed E-state index contributed by atoms with van der Waals surface area (Å²) in [7, 11) is 0. The molecule has 1 aromatic carbocycles. The molecule has 0 radical (unpaired) electrons. The van der Waals surface area contributed by atoms with Crippen LogP contribution >= 0.6 is 0 Å². The first-order valence-corrected chi connectivity index (χ1v) is 4.62. The Bertz CT molecular complexity index is 346. The molecule has 0 fully saturated rings. The van der Waals surface area contributed by atoms with Gasteiger partial charge in [-0.1, -0.05) is 24.3 Å². The lowest BCUT2D eigenvalue weighted by Crippen LogP contribution is -2.32. The number of rotatable bonds is 5. The molecule has 0 aliphatic rings. The Morgan fingerprint density at radius 3 is 2.40 bits per heavy atom. The molecule has 0 aliphatic carbocycles. The zero-order valence-corrected chi connectivity index (χ0v) is 8.39. The maximum atomic E-state index is 10.5. The van der Waals surface area contributed by atoms with Gasteiger partial charge >= 0.3 is 5.97 Å². The normalized spacial score (nSPS) is 12.1. The van der Waals surface area contributed by atoms with Gasteiger partial charge in [-0.05, 0) is 24.3 Å². The number of aliphatic carboxylic acids is 1. The number of carboxylic acid groups (broad SMARTS) is 1. The highest BCUT2D eigenvalue weighted by molar-refractivity contribution is 5.73. The molecule has 1 atom stereocenters. The molecular formula is C11H14N2O2. The van der Waals surface area contributed by atoms with E-state index in [9.17, 15) is 4.79 Å². The van der Waals surface area contributed by atoms with E-state index < -0.39 is 12.0 Å². The van der Waals surface area contributed by atoms with Crippen LogP contribution in [0.25, 0.3) is 0 Å². The zero-order valence-electron chi connectivity index (χ0n) is 8.39. The Hall–Kier alpha value is -1.68. The third-order valence-electron chi connectivity index (χ3n) is 2.09. The van der Waals surface area contributed by atoms with E-state index >= 15 is 0 Å². The lowest BCUT2D eigenvalue weighted by atomic mass is 10.0. The van der Waals surface area contributed by atoms with Gasteiger partial charge in [0.15, 0.2) is 0 Å². The summed E-state index contributed by atoms with van der Waals surface area (Å²) in [6, 6.07) is 6.69. The van der Waals surface area contributed by atoms with E-state index in [1.807, 2.05) is 24.3 Å². The number of nitrogens with zero attached hydrogens (tertiary/aromatic N) is 1. The minimum atomic E-state index is -0.980. The first kappa shape index (κ1) is 11.4. The van der Waals surface area contributed by atoms with Crippen molar-refractivity contribution in [3.05, 3.63) is 35.4 Å². The van der Waals surface area contributed by atoms with Gasteiger partial charge in [-0.3, -0.25) is 9.79 Å². The molecule has 3 N–H and O–H groups in total. The summed E-state index contributed by atoms with van der Waals surface area (Å²) in [5, 5.41) is 8.63. The molecule has 0 bridgehead atoms. The standard InChI is InChI=1S/C11H14N2O2/c1-13-7-9-4-2-8(3-5-9)6-10(12)11(14)15/h2-5,10H,1,6-7,12H2,(H,14,15)/t10-/m0/s1. The molecule has 0 aliphatic heterocycles. The van der Waals surface area contributed by atoms with Crippen molar-refractivity contribution in [2.75, 3.05) is 0 Å². The van der Waals surface area contributed by atoms with Crippen LogP contribution in [-0.4, -0.2) is 23.8 Å². The van der Waals surface area contributed by atoms with Crippen LogP contribution in [0, 0.1) is 0 Å². The topological polar surface area (TPSA) is 75.7 Å². The molecule has 1 aromatic rings. The van der Waals surface area contributed by atoms with Crippen LogP contribution in [0.3, 0.4) is 0 Å². The van der Waals surface area contributed by atoms with Crippen molar-refractivity contribution in [2.45, 2.75) is 19.0 Å². The largest absolute Gasteiger partial charge is 0.480 e. The van der Waals surface area contributed by atoms with Crippen molar-refractivity contribution >= 4 is 12.7 Å². The second kappa shape index (κ2) is 5.26. The van der Waals surface area contributed by atoms with E-state index in [0.29, 0.717) is 13.0 Å². The predicted octanol–water partition coefficient (Wildman–Crippen LogP) is 0.842. The summed E-state index contributed by atoms with van der Waals surface area (Å²) in [5.74, 6) is -0.980. The van der Waals surface area contributed by atoms with E-state index in [-0.39, 0.29) is 0 Å². The molecule has 0 spiro atoms. The Morgan fingerprint density at radius 2 is 1.93 bits per heavy atom. The van der Waals surface area contributed by atoms with Gasteiger partial charge in [0, 0.05) is 0 Å². The Kier molecular flexibility index (Phi) is 4.00. The Balaban J connectivity index is 2.64. The van der Waals surface area contributed by atoms with E-state index in [1.165, 1.54) is 0 Å². The number of carboxylic acids is 1. The third kappa shape index (κ3) is 3.52. The molecule has 0 saturated heterocycles. The fourth-order valence-corrected chi connectivity index (χ4v) is 1.25.